The van der Waals surface area contributed by atoms with Crippen LogP contribution >= 0.6 is 0 Å². The second-order valence-electron chi connectivity index (χ2n) is 4.39. The summed E-state index contributed by atoms with van der Waals surface area (Å²) >= 11 is 0. The molecule has 0 saturated heterocycles. The van der Waals surface area contributed by atoms with Crippen molar-refractivity contribution in [3.05, 3.63) is 24.0 Å². The Morgan fingerprint density at radius 1 is 1.47 bits per heavy atom. The number of carbonyl (C=O) groups is 1. The van der Waals surface area contributed by atoms with E-state index in [0.717, 1.165) is 25.7 Å². The minimum absolute atomic E-state index is 0.171. The number of anilines is 1. The molecule has 0 bridgehead atoms. The van der Waals surface area contributed by atoms with Crippen molar-refractivity contribution in [2.24, 2.45) is 0 Å². The van der Waals surface area contributed by atoms with Crippen LogP contribution in [0.3, 0.4) is 0 Å². The van der Waals surface area contributed by atoms with E-state index in [9.17, 15) is 9.90 Å². The third-order valence-electron chi connectivity index (χ3n) is 3.15. The highest BCUT2D eigenvalue weighted by atomic mass is 16.3. The monoisotopic (exact) mass is 235 g/mol. The van der Waals surface area contributed by atoms with Gasteiger partial charge in [0.25, 0.3) is 5.91 Å². The number of nitrogens with zero attached hydrogens (tertiary/aromatic N) is 1. The zero-order valence-corrected chi connectivity index (χ0v) is 9.60. The summed E-state index contributed by atoms with van der Waals surface area (Å²) in [6.07, 6.45) is 6.14. The van der Waals surface area contributed by atoms with Crippen LogP contribution < -0.4 is 11.1 Å². The van der Waals surface area contributed by atoms with E-state index in [-0.39, 0.29) is 11.9 Å². The van der Waals surface area contributed by atoms with Crippen molar-refractivity contribution in [1.82, 2.24) is 10.3 Å². The Balaban J connectivity index is 2.04. The predicted octanol–water partition coefficient (Wildman–Crippen LogP) is 0.697. The molecule has 2 rings (SSSR count). The molecule has 4 N–H and O–H groups in total. The number of rotatable bonds is 2. The molecule has 5 nitrogen and oxygen atoms in total. The molecule has 1 amide bonds. The average molecular weight is 235 g/mol. The quantitative estimate of drug-likeness (QED) is 0.704. The van der Waals surface area contributed by atoms with Gasteiger partial charge in [0, 0.05) is 18.1 Å². The van der Waals surface area contributed by atoms with Crippen LogP contribution in [0.5, 0.6) is 0 Å². The molecular formula is C12H17N3O2. The molecule has 1 saturated carbocycles. The van der Waals surface area contributed by atoms with Crippen molar-refractivity contribution in [2.75, 3.05) is 5.73 Å². The Bertz CT molecular complexity index is 408. The minimum Gasteiger partial charge on any atom is -0.398 e. The highest BCUT2D eigenvalue weighted by molar-refractivity contribution is 5.98. The fourth-order valence-electron chi connectivity index (χ4n) is 2.12. The summed E-state index contributed by atoms with van der Waals surface area (Å²) in [5.74, 6) is -0.262. The predicted molar refractivity (Wildman–Crippen MR) is 64.4 cm³/mol. The van der Waals surface area contributed by atoms with E-state index in [2.05, 4.69) is 10.3 Å². The lowest BCUT2D eigenvalue weighted by molar-refractivity contribution is 0.0717. The molecule has 17 heavy (non-hydrogen) atoms. The standard InChI is InChI=1S/C12H17N3O2/c13-9-5-6-14-7-8(9)12(17)15-10-3-1-2-4-11(10)16/h5-7,10-11,16H,1-4H2,(H2,13,14)(H,15,17). The zero-order chi connectivity index (χ0) is 12.3. The molecule has 1 aliphatic carbocycles. The van der Waals surface area contributed by atoms with E-state index in [1.807, 2.05) is 0 Å². The first kappa shape index (κ1) is 11.9. The third kappa shape index (κ3) is 2.74. The number of hydrogen-bond acceptors (Lipinski definition) is 4. The SMILES string of the molecule is Nc1ccncc1C(=O)NC1CCCCC1O. The smallest absolute Gasteiger partial charge is 0.255 e. The van der Waals surface area contributed by atoms with Crippen LogP contribution in [0, 0.1) is 0 Å². The molecule has 0 radical (unpaired) electrons. The van der Waals surface area contributed by atoms with Gasteiger partial charge >= 0.3 is 0 Å². The van der Waals surface area contributed by atoms with Gasteiger partial charge in [0.05, 0.1) is 17.7 Å². The van der Waals surface area contributed by atoms with E-state index in [1.165, 1.54) is 6.20 Å². The second-order valence-corrected chi connectivity index (χ2v) is 4.39. The molecule has 0 spiro atoms. The molecule has 1 aromatic rings. The molecule has 1 aromatic heterocycles. The van der Waals surface area contributed by atoms with E-state index in [1.54, 1.807) is 12.3 Å². The van der Waals surface area contributed by atoms with Crippen LogP contribution in [0.25, 0.3) is 0 Å². The summed E-state index contributed by atoms with van der Waals surface area (Å²) in [4.78, 5) is 15.8. The Labute approximate surface area is 100 Å². The van der Waals surface area contributed by atoms with Crippen LogP contribution in [0.1, 0.15) is 36.0 Å². The summed E-state index contributed by atoms with van der Waals surface area (Å²) in [5.41, 5.74) is 6.47. The van der Waals surface area contributed by atoms with Crippen molar-refractivity contribution < 1.29 is 9.90 Å². The van der Waals surface area contributed by atoms with Gasteiger partial charge in [-0.25, -0.2) is 0 Å². The molecule has 0 aromatic carbocycles. The molecule has 2 atom stereocenters. The number of pyridine rings is 1. The summed E-state index contributed by atoms with van der Waals surface area (Å²) < 4.78 is 0. The largest absolute Gasteiger partial charge is 0.398 e. The number of amides is 1. The van der Waals surface area contributed by atoms with Crippen molar-refractivity contribution >= 4 is 11.6 Å². The van der Waals surface area contributed by atoms with E-state index in [0.29, 0.717) is 11.3 Å². The van der Waals surface area contributed by atoms with Gasteiger partial charge in [0.1, 0.15) is 0 Å². The maximum Gasteiger partial charge on any atom is 0.255 e. The molecule has 1 fully saturated rings. The van der Waals surface area contributed by atoms with Crippen LogP contribution in [0.2, 0.25) is 0 Å². The van der Waals surface area contributed by atoms with Crippen molar-refractivity contribution in [2.45, 2.75) is 37.8 Å². The van der Waals surface area contributed by atoms with E-state index >= 15 is 0 Å². The maximum atomic E-state index is 11.9. The number of nitrogen functional groups attached to an aromatic ring is 1. The van der Waals surface area contributed by atoms with Crippen LogP contribution in [-0.2, 0) is 0 Å². The number of nitrogens with one attached hydrogen (secondary N) is 1. The molecule has 1 aliphatic rings. The topological polar surface area (TPSA) is 88.2 Å². The molecule has 1 heterocycles. The Morgan fingerprint density at radius 2 is 2.24 bits per heavy atom. The van der Waals surface area contributed by atoms with Gasteiger partial charge < -0.3 is 16.2 Å². The van der Waals surface area contributed by atoms with Gasteiger partial charge in [-0.05, 0) is 18.9 Å². The fourth-order valence-corrected chi connectivity index (χ4v) is 2.12. The highest BCUT2D eigenvalue weighted by Crippen LogP contribution is 2.19. The number of carbonyl (C=O) groups excluding carboxylic acids is 1. The highest BCUT2D eigenvalue weighted by Gasteiger charge is 2.25. The first-order valence-corrected chi connectivity index (χ1v) is 5.87. The lowest BCUT2D eigenvalue weighted by Crippen LogP contribution is -2.45. The van der Waals surface area contributed by atoms with Crippen molar-refractivity contribution in [1.29, 1.82) is 0 Å². The lowest BCUT2D eigenvalue weighted by Gasteiger charge is -2.28. The minimum atomic E-state index is -0.453. The Morgan fingerprint density at radius 3 is 2.94 bits per heavy atom. The lowest BCUT2D eigenvalue weighted by atomic mass is 9.92. The number of nitrogens with two attached hydrogens (primary N) is 1. The van der Waals surface area contributed by atoms with Crippen LogP contribution in [0.15, 0.2) is 18.5 Å². The van der Waals surface area contributed by atoms with Gasteiger partial charge in [-0.15, -0.1) is 0 Å². The summed E-state index contributed by atoms with van der Waals surface area (Å²) in [6.45, 7) is 0. The normalized spacial score (nSPS) is 24.3. The average Bonchev–Trinajstić information content (AvgIpc) is 2.32. The van der Waals surface area contributed by atoms with Crippen molar-refractivity contribution in [3.63, 3.8) is 0 Å². The third-order valence-corrected chi connectivity index (χ3v) is 3.15. The van der Waals surface area contributed by atoms with E-state index in [4.69, 9.17) is 5.73 Å². The number of aliphatic hydroxyl groups is 1. The molecule has 5 heteroatoms. The molecule has 0 aliphatic heterocycles. The summed E-state index contributed by atoms with van der Waals surface area (Å²) in [7, 11) is 0. The first-order chi connectivity index (χ1) is 8.18. The van der Waals surface area contributed by atoms with Gasteiger partial charge in [-0.1, -0.05) is 12.8 Å². The first-order valence-electron chi connectivity index (χ1n) is 5.87. The van der Waals surface area contributed by atoms with Crippen molar-refractivity contribution in [3.8, 4) is 0 Å². The zero-order valence-electron chi connectivity index (χ0n) is 9.60. The van der Waals surface area contributed by atoms with Crippen LogP contribution in [0.4, 0.5) is 5.69 Å². The van der Waals surface area contributed by atoms with Gasteiger partial charge in [0.2, 0.25) is 0 Å². The van der Waals surface area contributed by atoms with Gasteiger partial charge in [0.15, 0.2) is 0 Å². The fraction of sp³-hybridized carbons (Fsp3) is 0.500. The van der Waals surface area contributed by atoms with E-state index < -0.39 is 6.10 Å². The number of aliphatic hydroxyl groups excluding tert-OH is 1. The molecule has 92 valence electrons. The summed E-state index contributed by atoms with van der Waals surface area (Å²) in [5, 5.41) is 12.6. The van der Waals surface area contributed by atoms with Gasteiger partial charge in [-0.2, -0.15) is 0 Å². The maximum absolute atomic E-state index is 11.9. The van der Waals surface area contributed by atoms with Gasteiger partial charge in [-0.3, -0.25) is 9.78 Å². The number of hydrogen-bond donors (Lipinski definition) is 3. The number of aromatic nitrogens is 1. The summed E-state index contributed by atoms with van der Waals surface area (Å²) in [6, 6.07) is 1.42. The molecule has 2 unspecified atom stereocenters. The van der Waals surface area contributed by atoms with Crippen LogP contribution in [-0.4, -0.2) is 28.1 Å². The Kier molecular flexibility index (Phi) is 3.58. The Hall–Kier alpha value is -1.62. The second kappa shape index (κ2) is 5.14. The molecular weight excluding hydrogens is 218 g/mol.